The van der Waals surface area contributed by atoms with Crippen molar-refractivity contribution in [3.63, 3.8) is 0 Å². The number of nitrogens with one attached hydrogen (secondary N) is 1. The van der Waals surface area contributed by atoms with Crippen molar-refractivity contribution in [1.82, 2.24) is 5.32 Å². The van der Waals surface area contributed by atoms with E-state index in [1.165, 1.54) is 0 Å². The number of carboxylic acids is 1. The van der Waals surface area contributed by atoms with Gasteiger partial charge in [0.1, 0.15) is 12.0 Å². The molecule has 0 spiro atoms. The molecule has 1 aromatic heterocycles. The highest BCUT2D eigenvalue weighted by Gasteiger charge is 2.40. The van der Waals surface area contributed by atoms with Gasteiger partial charge in [-0.25, -0.2) is 13.6 Å². The van der Waals surface area contributed by atoms with Crippen LogP contribution in [0.3, 0.4) is 0 Å². The number of carboxylic acid groups (broad SMARTS) is 1. The van der Waals surface area contributed by atoms with E-state index in [0.717, 1.165) is 12.3 Å². The second-order valence-electron chi connectivity index (χ2n) is 3.27. The minimum absolute atomic E-state index is 0.0764. The fraction of sp³-hybridized carbons (Fsp3) is 0.444. The van der Waals surface area contributed by atoms with Crippen molar-refractivity contribution in [3.8, 4) is 0 Å². The van der Waals surface area contributed by atoms with Crippen LogP contribution >= 0.6 is 0 Å². The molecule has 0 atom stereocenters. The molecule has 0 fully saturated rings. The van der Waals surface area contributed by atoms with Crippen LogP contribution in [0.2, 0.25) is 0 Å². The Bertz CT molecular complexity index is 391. The van der Waals surface area contributed by atoms with Gasteiger partial charge >= 0.3 is 18.3 Å². The van der Waals surface area contributed by atoms with Gasteiger partial charge < -0.3 is 14.8 Å². The third-order valence-corrected chi connectivity index (χ3v) is 1.88. The highest BCUT2D eigenvalue weighted by Crippen LogP contribution is 2.21. The molecule has 1 aromatic rings. The van der Waals surface area contributed by atoms with Crippen LogP contribution < -0.4 is 5.32 Å². The fourth-order valence-corrected chi connectivity index (χ4v) is 1.02. The van der Waals surface area contributed by atoms with E-state index in [2.05, 4.69) is 5.32 Å². The molecule has 0 amide bonds. The SMILES string of the molecule is O=C(O)c1coc(CNCC(F)(F)C(F)F)c1. The lowest BCUT2D eigenvalue weighted by atomic mass is 10.3. The summed E-state index contributed by atoms with van der Waals surface area (Å²) in [6.07, 6.45) is -2.81. The summed E-state index contributed by atoms with van der Waals surface area (Å²) in [4.78, 5) is 10.4. The number of halogens is 4. The standard InChI is InChI=1S/C9H9F4NO3/c10-8(11)9(12,13)4-14-2-6-1-5(3-17-6)7(15)16/h1,3,8,14H,2,4H2,(H,15,16). The van der Waals surface area contributed by atoms with Crippen molar-refractivity contribution in [2.24, 2.45) is 0 Å². The van der Waals surface area contributed by atoms with Crippen LogP contribution in [0.1, 0.15) is 16.1 Å². The molecule has 1 rings (SSSR count). The first-order valence-corrected chi connectivity index (χ1v) is 4.50. The molecule has 0 aliphatic heterocycles. The van der Waals surface area contributed by atoms with Crippen LogP contribution in [0.5, 0.6) is 0 Å². The Morgan fingerprint density at radius 2 is 2.18 bits per heavy atom. The topological polar surface area (TPSA) is 62.5 Å². The predicted octanol–water partition coefficient (Wildman–Crippen LogP) is 1.97. The second kappa shape index (κ2) is 5.17. The third-order valence-electron chi connectivity index (χ3n) is 1.88. The van der Waals surface area contributed by atoms with Crippen LogP contribution in [0.25, 0.3) is 0 Å². The van der Waals surface area contributed by atoms with E-state index in [0.29, 0.717) is 0 Å². The Kier molecular flexibility index (Phi) is 4.11. The van der Waals surface area contributed by atoms with E-state index in [1.54, 1.807) is 0 Å². The predicted molar refractivity (Wildman–Crippen MR) is 48.3 cm³/mol. The van der Waals surface area contributed by atoms with Gasteiger partial charge in [0.05, 0.1) is 18.7 Å². The van der Waals surface area contributed by atoms with Crippen LogP contribution in [0.4, 0.5) is 17.6 Å². The van der Waals surface area contributed by atoms with Gasteiger partial charge in [0.25, 0.3) is 0 Å². The van der Waals surface area contributed by atoms with Gasteiger partial charge in [-0.3, -0.25) is 0 Å². The van der Waals surface area contributed by atoms with Crippen molar-refractivity contribution in [2.45, 2.75) is 18.9 Å². The molecule has 0 saturated carbocycles. The summed E-state index contributed by atoms with van der Waals surface area (Å²) < 4.78 is 53.1. The first-order valence-electron chi connectivity index (χ1n) is 4.50. The molecule has 4 nitrogen and oxygen atoms in total. The number of alkyl halides is 4. The maximum absolute atomic E-state index is 12.4. The van der Waals surface area contributed by atoms with Crippen molar-refractivity contribution in [1.29, 1.82) is 0 Å². The Hall–Kier alpha value is -1.57. The summed E-state index contributed by atoms with van der Waals surface area (Å²) in [7, 11) is 0. The Morgan fingerprint density at radius 1 is 1.53 bits per heavy atom. The van der Waals surface area contributed by atoms with Crippen molar-refractivity contribution in [2.75, 3.05) is 6.54 Å². The van der Waals surface area contributed by atoms with E-state index in [4.69, 9.17) is 9.52 Å². The Morgan fingerprint density at radius 3 is 2.65 bits per heavy atom. The van der Waals surface area contributed by atoms with Crippen molar-refractivity contribution in [3.05, 3.63) is 23.7 Å². The van der Waals surface area contributed by atoms with Gasteiger partial charge in [-0.1, -0.05) is 0 Å². The molecule has 0 unspecified atom stereocenters. The van der Waals surface area contributed by atoms with E-state index in [-0.39, 0.29) is 17.9 Å². The molecule has 1 heterocycles. The Balaban J connectivity index is 2.43. The lowest BCUT2D eigenvalue weighted by molar-refractivity contribution is -0.125. The molecule has 2 N–H and O–H groups in total. The quantitative estimate of drug-likeness (QED) is 0.763. The molecule has 0 aromatic carbocycles. The largest absolute Gasteiger partial charge is 0.478 e. The number of carbonyl (C=O) groups is 1. The summed E-state index contributed by atoms with van der Waals surface area (Å²) in [5, 5.41) is 10.6. The summed E-state index contributed by atoms with van der Waals surface area (Å²) in [5.41, 5.74) is -0.137. The normalized spacial score (nSPS) is 12.1. The van der Waals surface area contributed by atoms with Crippen LogP contribution in [-0.4, -0.2) is 30.0 Å². The summed E-state index contributed by atoms with van der Waals surface area (Å²) in [6.45, 7) is -1.47. The maximum atomic E-state index is 12.4. The Labute approximate surface area is 93.2 Å². The maximum Gasteiger partial charge on any atom is 0.338 e. The van der Waals surface area contributed by atoms with Gasteiger partial charge in [-0.15, -0.1) is 0 Å². The van der Waals surface area contributed by atoms with Crippen LogP contribution in [-0.2, 0) is 6.54 Å². The summed E-state index contributed by atoms with van der Waals surface area (Å²) in [6, 6.07) is 1.12. The molecule has 0 aliphatic carbocycles. The highest BCUT2D eigenvalue weighted by atomic mass is 19.3. The van der Waals surface area contributed by atoms with E-state index in [1.807, 2.05) is 0 Å². The summed E-state index contributed by atoms with van der Waals surface area (Å²) in [5.74, 6) is -5.27. The zero-order valence-corrected chi connectivity index (χ0v) is 8.42. The molecule has 8 heteroatoms. The molecular formula is C9H9F4NO3. The molecule has 0 aliphatic rings. The van der Waals surface area contributed by atoms with Gasteiger partial charge in [-0.05, 0) is 6.07 Å². The van der Waals surface area contributed by atoms with Gasteiger partial charge in [0, 0.05) is 0 Å². The molecule has 17 heavy (non-hydrogen) atoms. The van der Waals surface area contributed by atoms with E-state index < -0.39 is 24.9 Å². The lowest BCUT2D eigenvalue weighted by Gasteiger charge is -2.14. The third kappa shape index (κ3) is 3.74. The molecule has 0 radical (unpaired) electrons. The van der Waals surface area contributed by atoms with Crippen LogP contribution in [0, 0.1) is 0 Å². The first kappa shape index (κ1) is 13.5. The molecule has 0 saturated heterocycles. The smallest absolute Gasteiger partial charge is 0.338 e. The number of aromatic carboxylic acids is 1. The summed E-state index contributed by atoms with van der Waals surface area (Å²) >= 11 is 0. The van der Waals surface area contributed by atoms with E-state index >= 15 is 0 Å². The zero-order chi connectivity index (χ0) is 13.1. The van der Waals surface area contributed by atoms with Crippen molar-refractivity contribution >= 4 is 5.97 Å². The second-order valence-corrected chi connectivity index (χ2v) is 3.27. The van der Waals surface area contributed by atoms with Crippen LogP contribution in [0.15, 0.2) is 16.7 Å². The minimum atomic E-state index is -4.12. The number of furan rings is 1. The fourth-order valence-electron chi connectivity index (χ4n) is 1.02. The van der Waals surface area contributed by atoms with Gasteiger partial charge in [-0.2, -0.15) is 8.78 Å². The highest BCUT2D eigenvalue weighted by molar-refractivity contribution is 5.87. The molecule has 0 bridgehead atoms. The average Bonchev–Trinajstić information content (AvgIpc) is 2.66. The van der Waals surface area contributed by atoms with Gasteiger partial charge in [0.15, 0.2) is 0 Å². The number of rotatable bonds is 6. The number of hydrogen-bond acceptors (Lipinski definition) is 3. The zero-order valence-electron chi connectivity index (χ0n) is 8.42. The lowest BCUT2D eigenvalue weighted by Crippen LogP contribution is -2.38. The van der Waals surface area contributed by atoms with Crippen molar-refractivity contribution < 1.29 is 31.9 Å². The minimum Gasteiger partial charge on any atom is -0.478 e. The van der Waals surface area contributed by atoms with E-state index in [9.17, 15) is 22.4 Å². The average molecular weight is 255 g/mol. The first-order chi connectivity index (χ1) is 7.83. The number of hydrogen-bond donors (Lipinski definition) is 2. The molecule has 96 valence electrons. The molecular weight excluding hydrogens is 246 g/mol. The monoisotopic (exact) mass is 255 g/mol. The van der Waals surface area contributed by atoms with Gasteiger partial charge in [0.2, 0.25) is 0 Å².